The van der Waals surface area contributed by atoms with Gasteiger partial charge in [-0.1, -0.05) is 29.3 Å². The van der Waals surface area contributed by atoms with Crippen LogP contribution in [0.3, 0.4) is 0 Å². The van der Waals surface area contributed by atoms with Crippen molar-refractivity contribution in [3.8, 4) is 5.75 Å². The molecule has 0 aliphatic carbocycles. The molecule has 0 atom stereocenters. The highest BCUT2D eigenvalue weighted by molar-refractivity contribution is 7.88. The fourth-order valence-corrected chi connectivity index (χ4v) is 5.15. The first-order valence-corrected chi connectivity index (χ1v) is 10.8. The molecule has 0 fully saturated rings. The maximum atomic E-state index is 14.0. The van der Waals surface area contributed by atoms with Gasteiger partial charge in [-0.3, -0.25) is 0 Å². The average Bonchev–Trinajstić information content (AvgIpc) is 3.00. The molecule has 2 aromatic carbocycles. The Bertz CT molecular complexity index is 1320. The molecule has 0 aliphatic heterocycles. The van der Waals surface area contributed by atoms with E-state index in [4.69, 9.17) is 23.2 Å². The predicted octanol–water partition coefficient (Wildman–Crippen LogP) is 7.50. The molecule has 0 spiro atoms. The SMILES string of the molecule is O=S(=O)(Oc1c(Cl)ccc2c1sc1ccc(Cl)cc12)C(F)(F)C(F)(F)C(F)(F)C(F)(F)F. The summed E-state index contributed by atoms with van der Waals surface area (Å²) in [6.07, 6.45) is -7.20. The lowest BCUT2D eigenvalue weighted by Crippen LogP contribution is -2.63. The monoisotopic (exact) mass is 550 g/mol. The molecule has 3 aromatic rings. The van der Waals surface area contributed by atoms with Gasteiger partial charge in [-0.05, 0) is 24.3 Å². The average molecular weight is 551 g/mol. The molecular formula is C16H5Cl2F9O3S2. The van der Waals surface area contributed by atoms with Crippen molar-refractivity contribution in [2.45, 2.75) is 23.3 Å². The van der Waals surface area contributed by atoms with E-state index in [0.717, 1.165) is 6.07 Å². The summed E-state index contributed by atoms with van der Waals surface area (Å²) in [5.74, 6) is -16.0. The second-order valence-electron chi connectivity index (χ2n) is 6.20. The number of rotatable bonds is 5. The van der Waals surface area contributed by atoms with Crippen molar-refractivity contribution in [3.63, 3.8) is 0 Å². The lowest BCUT2D eigenvalue weighted by atomic mass is 10.1. The second-order valence-corrected chi connectivity index (χ2v) is 9.68. The standard InChI is InChI=1S/C16H5Cl2F9O3S2/c17-6-1-4-10-8(5-6)7-2-3-9(18)11(12(7)31-10)30-32(28,29)16(26,27)14(21,22)13(19,20)15(23,24)25/h1-5H. The molecule has 0 aliphatic rings. The number of halogens is 11. The van der Waals surface area contributed by atoms with Gasteiger partial charge in [0.25, 0.3) is 0 Å². The van der Waals surface area contributed by atoms with Gasteiger partial charge in [-0.2, -0.15) is 47.9 Å². The summed E-state index contributed by atoms with van der Waals surface area (Å²) in [5, 5.41) is -7.07. The van der Waals surface area contributed by atoms with Crippen molar-refractivity contribution in [3.05, 3.63) is 40.4 Å². The van der Waals surface area contributed by atoms with Crippen LogP contribution in [0, 0.1) is 0 Å². The van der Waals surface area contributed by atoms with Gasteiger partial charge >= 0.3 is 33.4 Å². The number of fused-ring (bicyclic) bond motifs is 3. The highest BCUT2D eigenvalue weighted by atomic mass is 35.5. The van der Waals surface area contributed by atoms with Crippen LogP contribution < -0.4 is 4.18 Å². The molecule has 176 valence electrons. The van der Waals surface area contributed by atoms with Crippen molar-refractivity contribution in [1.29, 1.82) is 0 Å². The first-order chi connectivity index (χ1) is 14.3. The summed E-state index contributed by atoms with van der Waals surface area (Å²) in [7, 11) is -7.14. The molecular weight excluding hydrogens is 546 g/mol. The minimum Gasteiger partial charge on any atom is -0.375 e. The maximum Gasteiger partial charge on any atom is 0.460 e. The number of hydrogen-bond donors (Lipinski definition) is 0. The fraction of sp³-hybridized carbons (Fsp3) is 0.250. The molecule has 16 heteroatoms. The fourth-order valence-electron chi connectivity index (χ4n) is 2.52. The molecule has 0 saturated carbocycles. The Kier molecular flexibility index (Phi) is 5.81. The molecule has 0 bridgehead atoms. The van der Waals surface area contributed by atoms with Gasteiger partial charge in [0.05, 0.1) is 9.72 Å². The maximum absolute atomic E-state index is 14.0. The largest absolute Gasteiger partial charge is 0.460 e. The van der Waals surface area contributed by atoms with Crippen LogP contribution in [-0.4, -0.2) is 31.7 Å². The van der Waals surface area contributed by atoms with Crippen LogP contribution in [-0.2, 0) is 10.1 Å². The van der Waals surface area contributed by atoms with Crippen LogP contribution in [0.25, 0.3) is 20.2 Å². The molecule has 32 heavy (non-hydrogen) atoms. The summed E-state index contributed by atoms with van der Waals surface area (Å²) >= 11 is 12.3. The summed E-state index contributed by atoms with van der Waals surface area (Å²) in [6, 6.07) is 6.42. The van der Waals surface area contributed by atoms with Crippen LogP contribution >= 0.6 is 34.5 Å². The normalized spacial score (nSPS) is 14.3. The summed E-state index contributed by atoms with van der Waals surface area (Å²) in [6.45, 7) is 0. The van der Waals surface area contributed by atoms with E-state index in [2.05, 4.69) is 4.18 Å². The zero-order chi connectivity index (χ0) is 24.5. The number of alkyl halides is 9. The van der Waals surface area contributed by atoms with Gasteiger partial charge in [-0.25, -0.2) is 0 Å². The van der Waals surface area contributed by atoms with E-state index in [9.17, 15) is 47.9 Å². The molecule has 0 radical (unpaired) electrons. The molecule has 3 nitrogen and oxygen atoms in total. The van der Waals surface area contributed by atoms with Crippen LogP contribution in [0.4, 0.5) is 39.5 Å². The van der Waals surface area contributed by atoms with E-state index in [1.807, 2.05) is 0 Å². The minimum absolute atomic E-state index is 0.109. The van der Waals surface area contributed by atoms with Crippen molar-refractivity contribution in [2.24, 2.45) is 0 Å². The first kappa shape index (κ1) is 25.0. The molecule has 1 aromatic heterocycles. The number of thiophene rings is 1. The van der Waals surface area contributed by atoms with Crippen molar-refractivity contribution < 1.29 is 52.1 Å². The van der Waals surface area contributed by atoms with Gasteiger partial charge in [0.15, 0.2) is 5.75 Å². The Hall–Kier alpha value is -1.64. The number of benzene rings is 2. The Morgan fingerprint density at radius 3 is 1.97 bits per heavy atom. The molecule has 0 saturated heterocycles. The third-order valence-corrected chi connectivity index (χ3v) is 7.12. The van der Waals surface area contributed by atoms with Crippen molar-refractivity contribution in [1.82, 2.24) is 0 Å². The van der Waals surface area contributed by atoms with Crippen LogP contribution in [0.2, 0.25) is 10.0 Å². The van der Waals surface area contributed by atoms with Gasteiger partial charge < -0.3 is 4.18 Å². The van der Waals surface area contributed by atoms with Gasteiger partial charge in [0, 0.05) is 20.5 Å². The Morgan fingerprint density at radius 1 is 0.812 bits per heavy atom. The van der Waals surface area contributed by atoms with E-state index >= 15 is 0 Å². The highest BCUT2D eigenvalue weighted by Crippen LogP contribution is 2.55. The second kappa shape index (κ2) is 7.43. The highest BCUT2D eigenvalue weighted by Gasteiger charge is 2.86. The lowest BCUT2D eigenvalue weighted by molar-refractivity contribution is -0.382. The van der Waals surface area contributed by atoms with Crippen LogP contribution in [0.15, 0.2) is 30.3 Å². The topological polar surface area (TPSA) is 43.4 Å². The Balaban J connectivity index is 2.17. The quantitative estimate of drug-likeness (QED) is 0.244. The summed E-state index contributed by atoms with van der Waals surface area (Å²) < 4.78 is 146. The molecule has 0 amide bonds. The van der Waals surface area contributed by atoms with Crippen LogP contribution in [0.1, 0.15) is 0 Å². The predicted molar refractivity (Wildman–Crippen MR) is 99.8 cm³/mol. The smallest absolute Gasteiger partial charge is 0.375 e. The molecule has 3 rings (SSSR count). The van der Waals surface area contributed by atoms with E-state index in [-0.39, 0.29) is 15.1 Å². The van der Waals surface area contributed by atoms with E-state index in [1.54, 1.807) is 0 Å². The third-order valence-electron chi connectivity index (χ3n) is 4.13. The summed E-state index contributed by atoms with van der Waals surface area (Å²) in [5.41, 5.74) is 0. The third kappa shape index (κ3) is 3.55. The van der Waals surface area contributed by atoms with Crippen LogP contribution in [0.5, 0.6) is 5.75 Å². The van der Waals surface area contributed by atoms with E-state index in [1.165, 1.54) is 24.3 Å². The van der Waals surface area contributed by atoms with E-state index in [0.29, 0.717) is 21.4 Å². The van der Waals surface area contributed by atoms with Gasteiger partial charge in [0.2, 0.25) is 0 Å². The van der Waals surface area contributed by atoms with Gasteiger partial charge in [0.1, 0.15) is 0 Å². The van der Waals surface area contributed by atoms with Gasteiger partial charge in [-0.15, -0.1) is 11.3 Å². The zero-order valence-corrected chi connectivity index (χ0v) is 17.7. The molecule has 1 heterocycles. The zero-order valence-electron chi connectivity index (χ0n) is 14.6. The Morgan fingerprint density at radius 2 is 1.41 bits per heavy atom. The first-order valence-electron chi connectivity index (χ1n) is 7.79. The van der Waals surface area contributed by atoms with E-state index < -0.39 is 44.2 Å². The molecule has 0 unspecified atom stereocenters. The summed E-state index contributed by atoms with van der Waals surface area (Å²) in [4.78, 5) is 0. The Labute approximate surface area is 186 Å². The molecule has 0 N–H and O–H groups in total. The lowest BCUT2D eigenvalue weighted by Gasteiger charge is -2.32. The van der Waals surface area contributed by atoms with Crippen molar-refractivity contribution in [2.75, 3.05) is 0 Å². The number of hydrogen-bond acceptors (Lipinski definition) is 4. The van der Waals surface area contributed by atoms with Crippen molar-refractivity contribution >= 4 is 64.8 Å². The minimum atomic E-state index is -7.43.